The highest BCUT2D eigenvalue weighted by Crippen LogP contribution is 2.27. The summed E-state index contributed by atoms with van der Waals surface area (Å²) in [5.74, 6) is -0.335. The maximum Gasteiger partial charge on any atom is 0.275 e. The predicted octanol–water partition coefficient (Wildman–Crippen LogP) is 3.60. The topological polar surface area (TPSA) is 87.7 Å². The van der Waals surface area contributed by atoms with Gasteiger partial charge in [0.05, 0.1) is 22.7 Å². The van der Waals surface area contributed by atoms with E-state index in [-0.39, 0.29) is 17.2 Å². The lowest BCUT2D eigenvalue weighted by molar-refractivity contribution is 0.102. The zero-order valence-electron chi connectivity index (χ0n) is 15.2. The summed E-state index contributed by atoms with van der Waals surface area (Å²) in [6, 6.07) is 13.1. The Kier molecular flexibility index (Phi) is 3.90. The van der Waals surface area contributed by atoms with Crippen molar-refractivity contribution in [2.24, 2.45) is 0 Å². The number of aryl methyl sites for hydroxylation is 1. The molecule has 0 aliphatic heterocycles. The summed E-state index contributed by atoms with van der Waals surface area (Å²) in [6.45, 7) is 0. The van der Waals surface area contributed by atoms with Crippen LogP contribution >= 0.6 is 0 Å². The second-order valence-electron chi connectivity index (χ2n) is 7.08. The molecule has 2 aromatic carbocycles. The van der Waals surface area contributed by atoms with Gasteiger partial charge in [-0.05, 0) is 55.5 Å². The van der Waals surface area contributed by atoms with Crippen molar-refractivity contribution in [1.82, 2.24) is 15.0 Å². The number of pyridine rings is 1. The van der Waals surface area contributed by atoms with Gasteiger partial charge in [0.25, 0.3) is 11.5 Å². The fourth-order valence-electron chi connectivity index (χ4n) is 3.90. The molecular formula is C22H18N4O2. The van der Waals surface area contributed by atoms with Crippen molar-refractivity contribution in [3.63, 3.8) is 0 Å². The van der Waals surface area contributed by atoms with Crippen LogP contribution in [0.1, 0.15) is 34.5 Å². The van der Waals surface area contributed by atoms with Crippen LogP contribution in [0.4, 0.5) is 5.69 Å². The molecule has 6 nitrogen and oxygen atoms in total. The smallest absolute Gasteiger partial charge is 0.275 e. The first-order valence-corrected chi connectivity index (χ1v) is 9.40. The maximum atomic E-state index is 12.6. The fraction of sp³-hybridized carbons (Fsp3) is 0.182. The molecule has 28 heavy (non-hydrogen) atoms. The molecule has 2 heterocycles. The number of para-hydroxylation sites is 2. The highest BCUT2D eigenvalue weighted by atomic mass is 16.2. The van der Waals surface area contributed by atoms with Gasteiger partial charge in [0.15, 0.2) is 0 Å². The van der Waals surface area contributed by atoms with Crippen LogP contribution in [-0.4, -0.2) is 20.9 Å². The summed E-state index contributed by atoms with van der Waals surface area (Å²) >= 11 is 0. The van der Waals surface area contributed by atoms with Crippen molar-refractivity contribution in [2.75, 3.05) is 5.32 Å². The third-order valence-corrected chi connectivity index (χ3v) is 5.27. The summed E-state index contributed by atoms with van der Waals surface area (Å²) in [5, 5.41) is 3.90. The number of hydrogen-bond acceptors (Lipinski definition) is 4. The quantitative estimate of drug-likeness (QED) is 0.564. The second-order valence-corrected chi connectivity index (χ2v) is 7.08. The average molecular weight is 370 g/mol. The van der Waals surface area contributed by atoms with Crippen LogP contribution in [0.15, 0.2) is 53.5 Å². The Hall–Kier alpha value is -3.54. The Morgan fingerprint density at radius 1 is 1.00 bits per heavy atom. The number of fused-ring (bicyclic) bond motifs is 4. The van der Waals surface area contributed by atoms with Crippen LogP contribution in [0, 0.1) is 0 Å². The van der Waals surface area contributed by atoms with E-state index in [4.69, 9.17) is 0 Å². The Labute approximate surface area is 160 Å². The zero-order chi connectivity index (χ0) is 19.1. The standard InChI is InChI=1S/C22H18N4O2/c27-21-16-6-2-1-5-14(16)15-10-9-13(11-19(15)26-21)24-22(28)20-12-23-17-7-3-4-8-18(17)25-20/h3-4,7-12H,1-2,5-6H2,(H,24,28)(H,26,27). The van der Waals surface area contributed by atoms with Gasteiger partial charge in [-0.1, -0.05) is 18.2 Å². The lowest BCUT2D eigenvalue weighted by Crippen LogP contribution is -2.19. The van der Waals surface area contributed by atoms with Gasteiger partial charge in [0, 0.05) is 16.6 Å². The molecule has 1 aliphatic rings. The number of benzene rings is 2. The minimum atomic E-state index is -0.335. The molecule has 1 aliphatic carbocycles. The van der Waals surface area contributed by atoms with Crippen molar-refractivity contribution in [1.29, 1.82) is 0 Å². The molecular weight excluding hydrogens is 352 g/mol. The normalized spacial score (nSPS) is 13.4. The molecule has 1 amide bonds. The first-order chi connectivity index (χ1) is 13.7. The molecule has 0 saturated carbocycles. The van der Waals surface area contributed by atoms with Crippen molar-refractivity contribution < 1.29 is 4.79 Å². The number of nitrogens with zero attached hydrogens (tertiary/aromatic N) is 2. The Bertz CT molecular complexity index is 1290. The zero-order valence-corrected chi connectivity index (χ0v) is 15.2. The number of carbonyl (C=O) groups excluding carboxylic acids is 1. The molecule has 6 heteroatoms. The van der Waals surface area contributed by atoms with E-state index in [9.17, 15) is 9.59 Å². The second kappa shape index (κ2) is 6.56. The molecule has 0 bridgehead atoms. The number of anilines is 1. The van der Waals surface area contributed by atoms with Crippen LogP contribution in [0.2, 0.25) is 0 Å². The Morgan fingerprint density at radius 3 is 2.64 bits per heavy atom. The summed E-state index contributed by atoms with van der Waals surface area (Å²) in [6.07, 6.45) is 5.39. The lowest BCUT2D eigenvalue weighted by Gasteiger charge is -2.17. The van der Waals surface area contributed by atoms with E-state index in [2.05, 4.69) is 20.3 Å². The molecule has 0 fully saturated rings. The van der Waals surface area contributed by atoms with Gasteiger partial charge in [-0.3, -0.25) is 14.6 Å². The van der Waals surface area contributed by atoms with Crippen LogP contribution in [-0.2, 0) is 12.8 Å². The fourth-order valence-corrected chi connectivity index (χ4v) is 3.90. The summed E-state index contributed by atoms with van der Waals surface area (Å²) in [5.41, 5.74) is 5.04. The molecule has 138 valence electrons. The monoisotopic (exact) mass is 370 g/mol. The number of aromatic amines is 1. The van der Waals surface area contributed by atoms with E-state index in [1.807, 2.05) is 36.4 Å². The third-order valence-electron chi connectivity index (χ3n) is 5.27. The number of H-pyrrole nitrogens is 1. The van der Waals surface area contributed by atoms with E-state index in [0.717, 1.165) is 53.2 Å². The van der Waals surface area contributed by atoms with Gasteiger partial charge in [-0.2, -0.15) is 0 Å². The van der Waals surface area contributed by atoms with Gasteiger partial charge < -0.3 is 10.3 Å². The summed E-state index contributed by atoms with van der Waals surface area (Å²) < 4.78 is 0. The van der Waals surface area contributed by atoms with Crippen LogP contribution in [0.5, 0.6) is 0 Å². The van der Waals surface area contributed by atoms with Crippen molar-refractivity contribution in [2.45, 2.75) is 25.7 Å². The molecule has 0 atom stereocenters. The van der Waals surface area contributed by atoms with Gasteiger partial charge in [-0.25, -0.2) is 4.98 Å². The largest absolute Gasteiger partial charge is 0.322 e. The maximum absolute atomic E-state index is 12.6. The summed E-state index contributed by atoms with van der Waals surface area (Å²) in [7, 11) is 0. The Balaban J connectivity index is 1.49. The van der Waals surface area contributed by atoms with Gasteiger partial charge >= 0.3 is 0 Å². The molecule has 2 aromatic heterocycles. The lowest BCUT2D eigenvalue weighted by atomic mass is 9.90. The Morgan fingerprint density at radius 2 is 1.79 bits per heavy atom. The molecule has 0 radical (unpaired) electrons. The molecule has 0 spiro atoms. The predicted molar refractivity (Wildman–Crippen MR) is 109 cm³/mol. The molecule has 4 aromatic rings. The third kappa shape index (κ3) is 2.83. The number of aromatic nitrogens is 3. The van der Waals surface area contributed by atoms with Crippen LogP contribution in [0.3, 0.4) is 0 Å². The van der Waals surface area contributed by atoms with Crippen molar-refractivity contribution in [3.8, 4) is 0 Å². The van der Waals surface area contributed by atoms with Crippen LogP contribution < -0.4 is 10.9 Å². The minimum absolute atomic E-state index is 0.0222. The van der Waals surface area contributed by atoms with Gasteiger partial charge in [0.2, 0.25) is 0 Å². The van der Waals surface area contributed by atoms with Crippen LogP contribution in [0.25, 0.3) is 21.9 Å². The van der Waals surface area contributed by atoms with Gasteiger partial charge in [-0.15, -0.1) is 0 Å². The van der Waals surface area contributed by atoms with Crippen molar-refractivity contribution >= 4 is 33.5 Å². The van der Waals surface area contributed by atoms with E-state index in [1.54, 1.807) is 6.07 Å². The average Bonchev–Trinajstić information content (AvgIpc) is 2.73. The highest BCUT2D eigenvalue weighted by molar-refractivity contribution is 6.04. The summed E-state index contributed by atoms with van der Waals surface area (Å²) in [4.78, 5) is 36.6. The minimum Gasteiger partial charge on any atom is -0.322 e. The highest BCUT2D eigenvalue weighted by Gasteiger charge is 2.17. The molecule has 0 unspecified atom stereocenters. The van der Waals surface area contributed by atoms with E-state index in [1.165, 1.54) is 6.20 Å². The van der Waals surface area contributed by atoms with E-state index < -0.39 is 0 Å². The first-order valence-electron chi connectivity index (χ1n) is 9.40. The van der Waals surface area contributed by atoms with E-state index in [0.29, 0.717) is 11.2 Å². The van der Waals surface area contributed by atoms with Gasteiger partial charge in [0.1, 0.15) is 5.69 Å². The number of amides is 1. The molecule has 2 N–H and O–H groups in total. The number of hydrogen-bond donors (Lipinski definition) is 2. The SMILES string of the molecule is O=C(Nc1ccc2c3c(c(=O)[nH]c2c1)CCCC3)c1cnc2ccccc2n1. The number of rotatable bonds is 2. The van der Waals surface area contributed by atoms with Crippen molar-refractivity contribution in [3.05, 3.63) is 75.8 Å². The molecule has 5 rings (SSSR count). The first kappa shape index (κ1) is 16.6. The number of nitrogens with one attached hydrogen (secondary N) is 2. The van der Waals surface area contributed by atoms with E-state index >= 15 is 0 Å². The number of carbonyl (C=O) groups is 1. The molecule has 0 saturated heterocycles.